The standard InChI is InChI=1S/C52H36N5OP/c58-59(51-36-46(37-18-6-1-7-19-37)53-52(54-51)38-20-8-2-9-21-38)56(42-24-12-4-13-25-42)49-33-31-40(35-50(49)57(59)43-26-14-5-15-27-43)39-30-32-48-45(34-39)44-28-16-17-29-47(44)55(48)41-22-10-3-11-23-41/h1-36H. The molecule has 0 amide bonds. The minimum atomic E-state index is -3.86. The lowest BCUT2D eigenvalue weighted by atomic mass is 10.0. The molecule has 0 N–H and O–H groups in total. The predicted molar refractivity (Wildman–Crippen MR) is 244 cm³/mol. The van der Waals surface area contributed by atoms with Crippen LogP contribution in [0.4, 0.5) is 22.7 Å². The average molecular weight is 778 g/mol. The van der Waals surface area contributed by atoms with E-state index in [1.165, 1.54) is 10.8 Å². The van der Waals surface area contributed by atoms with Gasteiger partial charge in [0.05, 0.1) is 28.1 Å². The van der Waals surface area contributed by atoms with Crippen LogP contribution in [0, 0.1) is 0 Å². The molecule has 0 saturated heterocycles. The quantitative estimate of drug-likeness (QED) is 0.151. The fourth-order valence-corrected chi connectivity index (χ4v) is 11.3. The summed E-state index contributed by atoms with van der Waals surface area (Å²) < 4.78 is 23.3. The first-order valence-electron chi connectivity index (χ1n) is 19.7. The van der Waals surface area contributed by atoms with Crippen LogP contribution < -0.4 is 14.8 Å². The lowest BCUT2D eigenvalue weighted by Crippen LogP contribution is -2.29. The molecule has 0 aliphatic carbocycles. The first-order valence-corrected chi connectivity index (χ1v) is 21.3. The van der Waals surface area contributed by atoms with E-state index in [1.54, 1.807) is 0 Å². The zero-order valence-electron chi connectivity index (χ0n) is 31.9. The monoisotopic (exact) mass is 777 g/mol. The van der Waals surface area contributed by atoms with Crippen LogP contribution in [0.3, 0.4) is 0 Å². The van der Waals surface area contributed by atoms with Gasteiger partial charge in [-0.1, -0.05) is 146 Å². The van der Waals surface area contributed by atoms with Crippen LogP contribution in [0.25, 0.3) is 61.3 Å². The summed E-state index contributed by atoms with van der Waals surface area (Å²) in [5.41, 5.74) is 11.7. The Balaban J connectivity index is 1.15. The highest BCUT2D eigenvalue weighted by Crippen LogP contribution is 2.70. The fourth-order valence-electron chi connectivity index (χ4n) is 8.43. The second kappa shape index (κ2) is 14.1. The van der Waals surface area contributed by atoms with E-state index in [4.69, 9.17) is 9.97 Å². The van der Waals surface area contributed by atoms with Gasteiger partial charge < -0.3 is 4.57 Å². The van der Waals surface area contributed by atoms with Gasteiger partial charge in [-0.05, 0) is 83.9 Å². The van der Waals surface area contributed by atoms with Gasteiger partial charge in [-0.25, -0.2) is 9.97 Å². The van der Waals surface area contributed by atoms with Gasteiger partial charge in [-0.15, -0.1) is 0 Å². The molecule has 1 aliphatic heterocycles. The van der Waals surface area contributed by atoms with Crippen molar-refractivity contribution in [2.24, 2.45) is 0 Å². The molecule has 1 aliphatic rings. The molecule has 0 spiro atoms. The van der Waals surface area contributed by atoms with E-state index in [9.17, 15) is 0 Å². The third-order valence-corrected chi connectivity index (χ3v) is 13.9. The second-order valence-corrected chi connectivity index (χ2v) is 17.0. The highest BCUT2D eigenvalue weighted by atomic mass is 31.2. The highest BCUT2D eigenvalue weighted by molar-refractivity contribution is 7.75. The van der Waals surface area contributed by atoms with Crippen molar-refractivity contribution in [3.05, 3.63) is 218 Å². The lowest BCUT2D eigenvalue weighted by molar-refractivity contribution is 0.582. The molecular weight excluding hydrogens is 742 g/mol. The van der Waals surface area contributed by atoms with E-state index in [0.29, 0.717) is 17.0 Å². The van der Waals surface area contributed by atoms with Gasteiger partial charge >= 0.3 is 7.44 Å². The summed E-state index contributed by atoms with van der Waals surface area (Å²) in [5, 5.41) is 2.36. The Morgan fingerprint density at radius 1 is 0.373 bits per heavy atom. The van der Waals surface area contributed by atoms with Crippen LogP contribution >= 0.6 is 7.44 Å². The van der Waals surface area contributed by atoms with Crippen LogP contribution in [-0.4, -0.2) is 14.5 Å². The SMILES string of the molecule is O=P1(c2cc(-c3ccccc3)nc(-c3ccccc3)n2)N(c2ccccc2)c2ccc(-c3ccc4c(c3)c3ccccc3n4-c3ccccc3)cc2N1c1ccccc1. The van der Waals surface area contributed by atoms with Crippen molar-refractivity contribution in [3.8, 4) is 39.5 Å². The molecule has 3 heterocycles. The Morgan fingerprint density at radius 2 is 0.881 bits per heavy atom. The van der Waals surface area contributed by atoms with Gasteiger partial charge in [0, 0.05) is 39.0 Å². The molecule has 0 fully saturated rings. The summed E-state index contributed by atoms with van der Waals surface area (Å²) in [7, 11) is -3.86. The predicted octanol–water partition coefficient (Wildman–Crippen LogP) is 13.4. The molecule has 6 nitrogen and oxygen atoms in total. The van der Waals surface area contributed by atoms with E-state index in [2.05, 4.69) is 95.6 Å². The normalized spacial score (nSPS) is 14.8. The number of fused-ring (bicyclic) bond motifs is 4. The summed E-state index contributed by atoms with van der Waals surface area (Å²) >= 11 is 0. The van der Waals surface area contributed by atoms with Gasteiger partial charge in [-0.3, -0.25) is 13.9 Å². The molecule has 8 aromatic carbocycles. The number of hydrogen-bond acceptors (Lipinski definition) is 3. The maximum absolute atomic E-state index is 17.0. The number of benzene rings is 8. The molecule has 0 radical (unpaired) electrons. The Labute approximate surface area is 342 Å². The maximum Gasteiger partial charge on any atom is 0.319 e. The Morgan fingerprint density at radius 3 is 1.54 bits per heavy atom. The fraction of sp³-hybridized carbons (Fsp3) is 0. The molecule has 0 saturated carbocycles. The van der Waals surface area contributed by atoms with E-state index in [0.717, 1.165) is 61.7 Å². The molecule has 59 heavy (non-hydrogen) atoms. The van der Waals surface area contributed by atoms with Gasteiger partial charge in [0.15, 0.2) is 5.82 Å². The van der Waals surface area contributed by atoms with E-state index < -0.39 is 7.44 Å². The Kier molecular flexibility index (Phi) is 8.31. The van der Waals surface area contributed by atoms with Gasteiger partial charge in [0.1, 0.15) is 5.44 Å². The molecule has 2 aromatic heterocycles. The lowest BCUT2D eigenvalue weighted by Gasteiger charge is -2.32. The number of aromatic nitrogens is 3. The van der Waals surface area contributed by atoms with Gasteiger partial charge in [0.25, 0.3) is 0 Å². The molecular formula is C52H36N5OP. The van der Waals surface area contributed by atoms with Crippen molar-refractivity contribution in [1.29, 1.82) is 0 Å². The number of rotatable bonds is 7. The zero-order valence-corrected chi connectivity index (χ0v) is 32.8. The smallest absolute Gasteiger partial charge is 0.309 e. The van der Waals surface area contributed by atoms with Crippen LogP contribution in [0.1, 0.15) is 0 Å². The van der Waals surface area contributed by atoms with E-state index >= 15 is 4.57 Å². The molecule has 0 bridgehead atoms. The first kappa shape index (κ1) is 34.7. The minimum absolute atomic E-state index is 0.436. The summed E-state index contributed by atoms with van der Waals surface area (Å²) in [6.45, 7) is 0. The van der Waals surface area contributed by atoms with Crippen molar-refractivity contribution in [1.82, 2.24) is 14.5 Å². The largest absolute Gasteiger partial charge is 0.319 e. The van der Waals surface area contributed by atoms with Crippen LogP contribution in [0.2, 0.25) is 0 Å². The zero-order chi connectivity index (χ0) is 39.3. The Hall–Kier alpha value is -7.53. The number of para-hydroxylation sites is 4. The topological polar surface area (TPSA) is 54.3 Å². The van der Waals surface area contributed by atoms with Crippen molar-refractivity contribution in [3.63, 3.8) is 0 Å². The van der Waals surface area contributed by atoms with Gasteiger partial charge in [-0.2, -0.15) is 0 Å². The summed E-state index contributed by atoms with van der Waals surface area (Å²) in [6.07, 6.45) is 0. The van der Waals surface area contributed by atoms with E-state index in [1.807, 2.05) is 137 Å². The minimum Gasteiger partial charge on any atom is -0.309 e. The highest BCUT2D eigenvalue weighted by Gasteiger charge is 2.50. The Bertz CT molecular complexity index is 3130. The molecule has 7 heteroatoms. The average Bonchev–Trinajstić information content (AvgIpc) is 3.79. The second-order valence-electron chi connectivity index (χ2n) is 14.6. The molecule has 1 unspecified atom stereocenters. The third kappa shape index (κ3) is 5.76. The van der Waals surface area contributed by atoms with Crippen LogP contribution in [0.15, 0.2) is 218 Å². The van der Waals surface area contributed by atoms with Crippen molar-refractivity contribution < 1.29 is 4.57 Å². The first-order chi connectivity index (χ1) is 29.1. The number of anilines is 4. The van der Waals surface area contributed by atoms with Crippen molar-refractivity contribution >= 4 is 57.4 Å². The summed E-state index contributed by atoms with van der Waals surface area (Å²) in [4.78, 5) is 10.3. The van der Waals surface area contributed by atoms with Crippen molar-refractivity contribution in [2.75, 3.05) is 9.34 Å². The van der Waals surface area contributed by atoms with E-state index in [-0.39, 0.29) is 0 Å². The third-order valence-electron chi connectivity index (χ3n) is 11.1. The molecule has 11 rings (SSSR count). The maximum atomic E-state index is 17.0. The number of hydrogen-bond donors (Lipinski definition) is 0. The summed E-state index contributed by atoms with van der Waals surface area (Å²) in [5.74, 6) is 0.512. The summed E-state index contributed by atoms with van der Waals surface area (Å²) in [6, 6.07) is 74.2. The van der Waals surface area contributed by atoms with Gasteiger partial charge in [0.2, 0.25) is 0 Å². The molecule has 280 valence electrons. The molecule has 10 aromatic rings. The van der Waals surface area contributed by atoms with Crippen LogP contribution in [-0.2, 0) is 4.57 Å². The molecule has 1 atom stereocenters. The van der Waals surface area contributed by atoms with Crippen LogP contribution in [0.5, 0.6) is 0 Å². The van der Waals surface area contributed by atoms with Crippen molar-refractivity contribution in [2.45, 2.75) is 0 Å². The number of nitrogens with zero attached hydrogens (tertiary/aromatic N) is 5.